The number of aromatic nitrogens is 4. The summed E-state index contributed by atoms with van der Waals surface area (Å²) >= 11 is 1.45. The topological polar surface area (TPSA) is 103 Å². The normalized spacial score (nSPS) is 11.5. The zero-order chi connectivity index (χ0) is 21.8. The lowest BCUT2D eigenvalue weighted by Crippen LogP contribution is -2.05. The molecule has 1 aromatic carbocycles. The number of rotatable bonds is 6. The predicted molar refractivity (Wildman–Crippen MR) is 110 cm³/mol. The van der Waals surface area contributed by atoms with Crippen LogP contribution in [0.1, 0.15) is 11.1 Å². The van der Waals surface area contributed by atoms with E-state index < -0.39 is 11.7 Å². The molecule has 0 spiro atoms. The monoisotopic (exact) mass is 444 g/mol. The molecule has 0 fully saturated rings. The Labute approximate surface area is 178 Å². The van der Waals surface area contributed by atoms with Gasteiger partial charge in [0.05, 0.1) is 11.1 Å². The lowest BCUT2D eigenvalue weighted by atomic mass is 10.2. The van der Waals surface area contributed by atoms with Crippen molar-refractivity contribution in [2.24, 2.45) is 0 Å². The molecule has 0 aliphatic heterocycles. The van der Waals surface area contributed by atoms with Gasteiger partial charge in [0.25, 0.3) is 5.89 Å². The van der Waals surface area contributed by atoms with Crippen LogP contribution in [0.3, 0.4) is 0 Å². The standard InChI is InChI=1S/C20H15F3N6OS/c21-20(22,23)13-3-1-4-14(10-13)27-19-29-28-17(30-19)15-5-2-7-26-18(15)31-11-12-6-8-25-16(24)9-12/h1-10H,11H2,(H2,24,25)(H,27,29). The summed E-state index contributed by atoms with van der Waals surface area (Å²) in [6.07, 6.45) is -1.17. The van der Waals surface area contributed by atoms with Gasteiger partial charge in [0.2, 0.25) is 0 Å². The Morgan fingerprint density at radius 2 is 1.87 bits per heavy atom. The molecule has 3 N–H and O–H groups in total. The summed E-state index contributed by atoms with van der Waals surface area (Å²) in [5.41, 5.74) is 6.70. The first kappa shape index (κ1) is 20.7. The van der Waals surface area contributed by atoms with Gasteiger partial charge in [-0.3, -0.25) is 0 Å². The Morgan fingerprint density at radius 1 is 1.00 bits per heavy atom. The number of alkyl halides is 3. The molecule has 3 aromatic heterocycles. The summed E-state index contributed by atoms with van der Waals surface area (Å²) in [6.45, 7) is 0. The van der Waals surface area contributed by atoms with Crippen molar-refractivity contribution >= 4 is 29.3 Å². The number of anilines is 3. The fraction of sp³-hybridized carbons (Fsp3) is 0.100. The van der Waals surface area contributed by atoms with Gasteiger partial charge in [0.1, 0.15) is 10.8 Å². The van der Waals surface area contributed by atoms with E-state index in [1.165, 1.54) is 23.9 Å². The van der Waals surface area contributed by atoms with Crippen LogP contribution < -0.4 is 11.1 Å². The van der Waals surface area contributed by atoms with Gasteiger partial charge < -0.3 is 15.5 Å². The number of halogens is 3. The maximum absolute atomic E-state index is 12.9. The number of nitrogens with one attached hydrogen (secondary N) is 1. The molecule has 0 aliphatic carbocycles. The largest absolute Gasteiger partial charge is 0.416 e. The van der Waals surface area contributed by atoms with E-state index in [0.29, 0.717) is 22.2 Å². The number of nitrogens with zero attached hydrogens (tertiary/aromatic N) is 4. The number of benzene rings is 1. The SMILES string of the molecule is Nc1cc(CSc2ncccc2-c2nnc(Nc3cccc(C(F)(F)F)c3)o2)ccn1. The molecule has 0 saturated heterocycles. The summed E-state index contributed by atoms with van der Waals surface area (Å²) in [5.74, 6) is 1.22. The summed E-state index contributed by atoms with van der Waals surface area (Å²) in [5, 5.41) is 11.2. The maximum Gasteiger partial charge on any atom is 0.416 e. The van der Waals surface area contributed by atoms with Crippen molar-refractivity contribution in [1.29, 1.82) is 0 Å². The molecule has 31 heavy (non-hydrogen) atoms. The summed E-state index contributed by atoms with van der Waals surface area (Å²) in [7, 11) is 0. The van der Waals surface area contributed by atoms with Crippen LogP contribution >= 0.6 is 11.8 Å². The van der Waals surface area contributed by atoms with Crippen LogP contribution in [0, 0.1) is 0 Å². The Balaban J connectivity index is 1.52. The molecule has 0 bridgehead atoms. The lowest BCUT2D eigenvalue weighted by molar-refractivity contribution is -0.137. The van der Waals surface area contributed by atoms with E-state index in [4.69, 9.17) is 10.2 Å². The minimum atomic E-state index is -4.45. The van der Waals surface area contributed by atoms with Crippen LogP contribution in [0.2, 0.25) is 0 Å². The molecule has 7 nitrogen and oxygen atoms in total. The third-order valence-corrected chi connectivity index (χ3v) is 5.17. The van der Waals surface area contributed by atoms with E-state index in [0.717, 1.165) is 17.7 Å². The van der Waals surface area contributed by atoms with E-state index in [1.807, 2.05) is 6.07 Å². The van der Waals surface area contributed by atoms with Crippen molar-refractivity contribution in [3.8, 4) is 11.5 Å². The highest BCUT2D eigenvalue weighted by Crippen LogP contribution is 2.33. The van der Waals surface area contributed by atoms with Crippen LogP contribution in [0.4, 0.5) is 30.7 Å². The third-order valence-electron chi connectivity index (χ3n) is 4.09. The minimum absolute atomic E-state index is 0.0314. The third kappa shape index (κ3) is 5.12. The van der Waals surface area contributed by atoms with Crippen molar-refractivity contribution in [2.45, 2.75) is 17.0 Å². The average Bonchev–Trinajstić information content (AvgIpc) is 3.20. The zero-order valence-electron chi connectivity index (χ0n) is 15.8. The Kier molecular flexibility index (Phi) is 5.76. The van der Waals surface area contributed by atoms with E-state index >= 15 is 0 Å². The van der Waals surface area contributed by atoms with Gasteiger partial charge in [0, 0.05) is 23.8 Å². The highest BCUT2D eigenvalue weighted by atomic mass is 32.2. The van der Waals surface area contributed by atoms with Crippen LogP contribution in [0.25, 0.3) is 11.5 Å². The molecular formula is C20H15F3N6OS. The van der Waals surface area contributed by atoms with Gasteiger partial charge in [-0.1, -0.05) is 11.2 Å². The van der Waals surface area contributed by atoms with Crippen LogP contribution in [-0.2, 0) is 11.9 Å². The van der Waals surface area contributed by atoms with E-state index in [-0.39, 0.29) is 17.6 Å². The molecule has 158 valence electrons. The fourth-order valence-electron chi connectivity index (χ4n) is 2.68. The average molecular weight is 444 g/mol. The Hall–Kier alpha value is -3.60. The van der Waals surface area contributed by atoms with Crippen molar-refractivity contribution < 1.29 is 17.6 Å². The van der Waals surface area contributed by atoms with E-state index in [1.54, 1.807) is 30.6 Å². The second-order valence-corrected chi connectivity index (χ2v) is 7.31. The van der Waals surface area contributed by atoms with Crippen molar-refractivity contribution in [1.82, 2.24) is 20.2 Å². The first-order valence-electron chi connectivity index (χ1n) is 8.95. The zero-order valence-corrected chi connectivity index (χ0v) is 16.6. The molecule has 3 heterocycles. The first-order valence-corrected chi connectivity index (χ1v) is 9.93. The maximum atomic E-state index is 12.9. The second-order valence-electron chi connectivity index (χ2n) is 6.35. The van der Waals surface area contributed by atoms with Gasteiger partial charge >= 0.3 is 12.2 Å². The number of hydrogen-bond donors (Lipinski definition) is 2. The number of nitrogens with two attached hydrogens (primary N) is 1. The van der Waals surface area contributed by atoms with Crippen LogP contribution in [-0.4, -0.2) is 20.2 Å². The van der Waals surface area contributed by atoms with Gasteiger partial charge in [-0.05, 0) is 48.0 Å². The molecule has 0 radical (unpaired) electrons. The number of pyridine rings is 2. The Morgan fingerprint density at radius 3 is 2.68 bits per heavy atom. The van der Waals surface area contributed by atoms with Crippen LogP contribution in [0.15, 0.2) is 70.4 Å². The molecule has 0 atom stereocenters. The molecular weight excluding hydrogens is 429 g/mol. The minimum Gasteiger partial charge on any atom is -0.403 e. The lowest BCUT2D eigenvalue weighted by Gasteiger charge is -2.08. The molecule has 0 unspecified atom stereocenters. The van der Waals surface area contributed by atoms with Gasteiger partial charge in [-0.25, -0.2) is 9.97 Å². The highest BCUT2D eigenvalue weighted by molar-refractivity contribution is 7.98. The number of thioether (sulfide) groups is 1. The number of hydrogen-bond acceptors (Lipinski definition) is 8. The highest BCUT2D eigenvalue weighted by Gasteiger charge is 2.30. The molecule has 0 saturated carbocycles. The van der Waals surface area contributed by atoms with Crippen molar-refractivity contribution in [3.63, 3.8) is 0 Å². The first-order chi connectivity index (χ1) is 14.9. The summed E-state index contributed by atoms with van der Waals surface area (Å²) < 4.78 is 44.3. The van der Waals surface area contributed by atoms with Crippen molar-refractivity contribution in [2.75, 3.05) is 11.1 Å². The van der Waals surface area contributed by atoms with E-state index in [2.05, 4.69) is 25.5 Å². The summed E-state index contributed by atoms with van der Waals surface area (Å²) in [6, 6.07) is 11.8. The molecule has 4 aromatic rings. The second kappa shape index (κ2) is 8.64. The number of nitrogen functional groups attached to an aromatic ring is 1. The molecule has 4 rings (SSSR count). The van der Waals surface area contributed by atoms with Crippen LogP contribution in [0.5, 0.6) is 0 Å². The van der Waals surface area contributed by atoms with E-state index in [9.17, 15) is 13.2 Å². The Bertz CT molecular complexity index is 1200. The van der Waals surface area contributed by atoms with Gasteiger partial charge in [-0.2, -0.15) is 13.2 Å². The summed E-state index contributed by atoms with van der Waals surface area (Å²) in [4.78, 5) is 8.33. The smallest absolute Gasteiger partial charge is 0.403 e. The quantitative estimate of drug-likeness (QED) is 0.393. The molecule has 0 aliphatic rings. The van der Waals surface area contributed by atoms with Gasteiger partial charge in [-0.15, -0.1) is 16.9 Å². The van der Waals surface area contributed by atoms with Gasteiger partial charge in [0.15, 0.2) is 0 Å². The molecule has 11 heteroatoms. The predicted octanol–water partition coefficient (Wildman–Crippen LogP) is 5.16. The fourth-order valence-corrected chi connectivity index (χ4v) is 3.61. The van der Waals surface area contributed by atoms with Crippen molar-refractivity contribution in [3.05, 3.63) is 72.1 Å². The molecule has 0 amide bonds.